The molecule has 0 aliphatic heterocycles. The molecule has 0 spiro atoms. The topological polar surface area (TPSA) is 12.0 Å². The quantitative estimate of drug-likeness (QED) is 0.747. The van der Waals surface area contributed by atoms with E-state index in [4.69, 9.17) is 0 Å². The Hall–Kier alpha value is -0.410. The summed E-state index contributed by atoms with van der Waals surface area (Å²) in [4.78, 5) is 0. The first kappa shape index (κ1) is 16.6. The highest BCUT2D eigenvalue weighted by atomic mass is 79.9. The van der Waals surface area contributed by atoms with Crippen LogP contribution < -0.4 is 5.32 Å². The van der Waals surface area contributed by atoms with Crippen LogP contribution in [0.3, 0.4) is 0 Å². The van der Waals surface area contributed by atoms with Gasteiger partial charge in [0.1, 0.15) is 5.82 Å². The first-order chi connectivity index (χ1) is 8.92. The second-order valence-corrected chi connectivity index (χ2v) is 6.57. The lowest BCUT2D eigenvalue weighted by atomic mass is 9.76. The molecule has 0 aliphatic rings. The molecule has 0 heterocycles. The molecule has 1 aromatic carbocycles. The molecule has 0 radical (unpaired) electrons. The molecule has 108 valence electrons. The minimum atomic E-state index is -0.0981. The van der Waals surface area contributed by atoms with E-state index in [-0.39, 0.29) is 11.2 Å². The zero-order valence-electron chi connectivity index (χ0n) is 12.4. The van der Waals surface area contributed by atoms with Gasteiger partial charge in [0, 0.05) is 17.1 Å². The van der Waals surface area contributed by atoms with E-state index >= 15 is 0 Å². The number of nitrogens with one attached hydrogen (secondary N) is 1. The summed E-state index contributed by atoms with van der Waals surface area (Å²) in [5, 5.41) is 3.51. The van der Waals surface area contributed by atoms with Crippen LogP contribution in [0.15, 0.2) is 22.7 Å². The van der Waals surface area contributed by atoms with Crippen molar-refractivity contribution in [2.75, 3.05) is 6.54 Å². The predicted molar refractivity (Wildman–Crippen MR) is 84.0 cm³/mol. The van der Waals surface area contributed by atoms with Crippen LogP contribution in [-0.2, 0) is 6.42 Å². The first-order valence-corrected chi connectivity index (χ1v) is 7.89. The monoisotopic (exact) mass is 329 g/mol. The van der Waals surface area contributed by atoms with Gasteiger partial charge in [-0.3, -0.25) is 0 Å². The lowest BCUT2D eigenvalue weighted by molar-refractivity contribution is 0.237. The van der Waals surface area contributed by atoms with Gasteiger partial charge in [-0.15, -0.1) is 0 Å². The van der Waals surface area contributed by atoms with Gasteiger partial charge in [0.2, 0.25) is 0 Å². The zero-order valence-corrected chi connectivity index (χ0v) is 14.0. The molecule has 1 rings (SSSR count). The van der Waals surface area contributed by atoms with Gasteiger partial charge in [0.15, 0.2) is 0 Å². The van der Waals surface area contributed by atoms with E-state index in [1.807, 2.05) is 6.07 Å². The number of rotatable bonds is 7. The van der Waals surface area contributed by atoms with Crippen molar-refractivity contribution in [1.82, 2.24) is 5.32 Å². The van der Waals surface area contributed by atoms with Crippen molar-refractivity contribution in [3.05, 3.63) is 34.1 Å². The molecule has 0 saturated carbocycles. The van der Waals surface area contributed by atoms with E-state index in [1.54, 1.807) is 12.1 Å². The summed E-state index contributed by atoms with van der Waals surface area (Å²) in [7, 11) is 0. The van der Waals surface area contributed by atoms with Crippen LogP contribution in [0.4, 0.5) is 4.39 Å². The lowest BCUT2D eigenvalue weighted by Crippen LogP contribution is -2.38. The molecule has 1 nitrogen and oxygen atoms in total. The fraction of sp³-hybridized carbons (Fsp3) is 0.625. The highest BCUT2D eigenvalue weighted by Gasteiger charge is 2.27. The molecule has 0 bridgehead atoms. The number of halogens is 2. The summed E-state index contributed by atoms with van der Waals surface area (Å²) < 4.78 is 14.9. The van der Waals surface area contributed by atoms with Gasteiger partial charge in [-0.1, -0.05) is 43.6 Å². The number of hydrogen-bond donors (Lipinski definition) is 1. The molecule has 19 heavy (non-hydrogen) atoms. The molecular formula is C16H25BrFN. The normalized spacial score (nSPS) is 12.2. The van der Waals surface area contributed by atoms with E-state index in [2.05, 4.69) is 48.9 Å². The minimum absolute atomic E-state index is 0.0981. The Balaban J connectivity index is 2.90. The number of hydrogen-bond acceptors (Lipinski definition) is 1. The fourth-order valence-corrected chi connectivity index (χ4v) is 2.72. The Kier molecular flexibility index (Phi) is 6.48. The van der Waals surface area contributed by atoms with Crippen LogP contribution in [0.2, 0.25) is 0 Å². The van der Waals surface area contributed by atoms with E-state index in [9.17, 15) is 4.39 Å². The predicted octanol–water partition coefficient (Wildman–Crippen LogP) is 4.94. The van der Waals surface area contributed by atoms with E-state index in [0.29, 0.717) is 6.04 Å². The van der Waals surface area contributed by atoms with Crippen molar-refractivity contribution in [3.8, 4) is 0 Å². The Bertz CT molecular complexity index is 400. The maximum Gasteiger partial charge on any atom is 0.126 e. The second-order valence-electron chi connectivity index (χ2n) is 5.66. The van der Waals surface area contributed by atoms with Crippen molar-refractivity contribution in [1.29, 1.82) is 0 Å². The molecule has 1 N–H and O–H groups in total. The maximum atomic E-state index is 13.9. The van der Waals surface area contributed by atoms with Crippen LogP contribution in [0.1, 0.15) is 46.1 Å². The first-order valence-electron chi connectivity index (χ1n) is 7.09. The average Bonchev–Trinajstić information content (AvgIpc) is 2.38. The van der Waals surface area contributed by atoms with Crippen molar-refractivity contribution < 1.29 is 4.39 Å². The molecule has 0 fully saturated rings. The third kappa shape index (κ3) is 4.88. The fourth-order valence-electron chi connectivity index (χ4n) is 2.32. The lowest BCUT2D eigenvalue weighted by Gasteiger charge is -2.33. The third-order valence-electron chi connectivity index (χ3n) is 3.96. The van der Waals surface area contributed by atoms with Gasteiger partial charge in [-0.05, 0) is 48.4 Å². The SMILES string of the molecule is CCC(CC)(CNC(C)C)Cc1cc(Br)ccc1F. The van der Waals surface area contributed by atoms with Gasteiger partial charge >= 0.3 is 0 Å². The summed E-state index contributed by atoms with van der Waals surface area (Å²) >= 11 is 3.43. The second kappa shape index (κ2) is 7.39. The van der Waals surface area contributed by atoms with Crippen LogP contribution >= 0.6 is 15.9 Å². The smallest absolute Gasteiger partial charge is 0.126 e. The Morgan fingerprint density at radius 2 is 1.89 bits per heavy atom. The molecule has 0 atom stereocenters. The Morgan fingerprint density at radius 3 is 2.42 bits per heavy atom. The molecule has 0 aromatic heterocycles. The molecule has 1 aromatic rings. The van der Waals surface area contributed by atoms with Gasteiger partial charge in [-0.2, -0.15) is 0 Å². The van der Waals surface area contributed by atoms with Gasteiger partial charge < -0.3 is 5.32 Å². The van der Waals surface area contributed by atoms with Crippen LogP contribution in [0.25, 0.3) is 0 Å². The van der Waals surface area contributed by atoms with Crippen molar-refractivity contribution >= 4 is 15.9 Å². The van der Waals surface area contributed by atoms with Gasteiger partial charge in [-0.25, -0.2) is 4.39 Å². The maximum absolute atomic E-state index is 13.9. The van der Waals surface area contributed by atoms with Crippen molar-refractivity contribution in [3.63, 3.8) is 0 Å². The van der Waals surface area contributed by atoms with Crippen LogP contribution in [0, 0.1) is 11.2 Å². The molecule has 0 aliphatic carbocycles. The highest BCUT2D eigenvalue weighted by Crippen LogP contribution is 2.32. The molecule has 0 unspecified atom stereocenters. The summed E-state index contributed by atoms with van der Waals surface area (Å²) in [5.74, 6) is -0.0981. The summed E-state index contributed by atoms with van der Waals surface area (Å²) in [5.41, 5.74) is 0.940. The van der Waals surface area contributed by atoms with Gasteiger partial charge in [0.05, 0.1) is 0 Å². The molecule has 0 amide bonds. The Labute approximate surface area is 125 Å². The summed E-state index contributed by atoms with van der Waals surface area (Å²) in [6.45, 7) is 9.62. The molecular weight excluding hydrogens is 305 g/mol. The van der Waals surface area contributed by atoms with Gasteiger partial charge in [0.25, 0.3) is 0 Å². The molecule has 0 saturated heterocycles. The highest BCUT2D eigenvalue weighted by molar-refractivity contribution is 9.10. The zero-order chi connectivity index (χ0) is 14.5. The summed E-state index contributed by atoms with van der Waals surface area (Å²) in [6.07, 6.45) is 2.88. The Morgan fingerprint density at radius 1 is 1.26 bits per heavy atom. The van der Waals surface area contributed by atoms with E-state index < -0.39 is 0 Å². The minimum Gasteiger partial charge on any atom is -0.314 e. The van der Waals surface area contributed by atoms with Crippen molar-refractivity contribution in [2.45, 2.75) is 53.0 Å². The number of benzene rings is 1. The van der Waals surface area contributed by atoms with Crippen molar-refractivity contribution in [2.24, 2.45) is 5.41 Å². The molecule has 3 heteroatoms. The third-order valence-corrected chi connectivity index (χ3v) is 4.45. The average molecular weight is 330 g/mol. The summed E-state index contributed by atoms with van der Waals surface area (Å²) in [6, 6.07) is 5.67. The largest absolute Gasteiger partial charge is 0.314 e. The van der Waals surface area contributed by atoms with E-state index in [0.717, 1.165) is 35.8 Å². The van der Waals surface area contributed by atoms with Crippen LogP contribution in [0.5, 0.6) is 0 Å². The van der Waals surface area contributed by atoms with E-state index in [1.165, 1.54) is 0 Å². The van der Waals surface area contributed by atoms with Crippen LogP contribution in [-0.4, -0.2) is 12.6 Å². The standard InChI is InChI=1S/C16H25BrFN/c1-5-16(6-2,11-19-12(3)4)10-13-9-14(17)7-8-15(13)18/h7-9,12,19H,5-6,10-11H2,1-4H3.